The van der Waals surface area contributed by atoms with Gasteiger partial charge in [-0.15, -0.1) is 0 Å². The summed E-state index contributed by atoms with van der Waals surface area (Å²) in [6, 6.07) is 0. The number of ketones is 1. The van der Waals surface area contributed by atoms with E-state index in [1.165, 1.54) is 12.8 Å². The molecular weight excluding hydrogens is 244 g/mol. The van der Waals surface area contributed by atoms with Gasteiger partial charge in [-0.1, -0.05) is 68.2 Å². The molecule has 0 heterocycles. The predicted molar refractivity (Wildman–Crippen MR) is 89.8 cm³/mol. The van der Waals surface area contributed by atoms with Crippen molar-refractivity contribution in [2.24, 2.45) is 35.5 Å². The van der Waals surface area contributed by atoms with Crippen LogP contribution in [-0.4, -0.2) is 5.78 Å². The molecule has 0 saturated heterocycles. The first-order valence-corrected chi connectivity index (χ1v) is 8.70. The lowest BCUT2D eigenvalue weighted by atomic mass is 9.75. The first-order chi connectivity index (χ1) is 9.16. The fourth-order valence-electron chi connectivity index (χ4n) is 2.91. The fourth-order valence-corrected chi connectivity index (χ4v) is 2.91. The minimum absolute atomic E-state index is 0.261. The van der Waals surface area contributed by atoms with E-state index in [-0.39, 0.29) is 11.8 Å². The first kappa shape index (κ1) is 19.7. The largest absolute Gasteiger partial charge is 0.299 e. The van der Waals surface area contributed by atoms with Crippen molar-refractivity contribution in [1.29, 1.82) is 0 Å². The Kier molecular flexibility index (Phi) is 9.42. The van der Waals surface area contributed by atoms with Crippen molar-refractivity contribution in [2.45, 2.75) is 81.1 Å². The average Bonchev–Trinajstić information content (AvgIpc) is 2.27. The third kappa shape index (κ3) is 7.45. The highest BCUT2D eigenvalue weighted by Gasteiger charge is 2.30. The molecule has 0 bridgehead atoms. The molecule has 0 radical (unpaired) electrons. The second-order valence-electron chi connectivity index (χ2n) is 8.05. The number of carbonyl (C=O) groups excluding carboxylic acids is 1. The highest BCUT2D eigenvalue weighted by Crippen LogP contribution is 2.30. The van der Waals surface area contributed by atoms with Crippen LogP contribution in [-0.2, 0) is 4.79 Å². The van der Waals surface area contributed by atoms with Crippen LogP contribution in [0.4, 0.5) is 0 Å². The molecule has 2 atom stereocenters. The molecule has 0 aliphatic heterocycles. The van der Waals surface area contributed by atoms with E-state index in [0.717, 1.165) is 12.8 Å². The van der Waals surface area contributed by atoms with E-state index < -0.39 is 0 Å². The summed E-state index contributed by atoms with van der Waals surface area (Å²) in [6.07, 6.45) is 4.48. The van der Waals surface area contributed by atoms with Crippen molar-refractivity contribution in [3.63, 3.8) is 0 Å². The molecule has 0 saturated carbocycles. The van der Waals surface area contributed by atoms with Crippen LogP contribution in [0.2, 0.25) is 0 Å². The van der Waals surface area contributed by atoms with E-state index >= 15 is 0 Å². The average molecular weight is 283 g/mol. The number of rotatable bonds is 10. The van der Waals surface area contributed by atoms with Crippen molar-refractivity contribution in [3.05, 3.63) is 0 Å². The molecule has 20 heavy (non-hydrogen) atoms. The van der Waals surface area contributed by atoms with Gasteiger partial charge < -0.3 is 0 Å². The van der Waals surface area contributed by atoms with E-state index in [1.54, 1.807) is 0 Å². The zero-order chi connectivity index (χ0) is 15.9. The zero-order valence-electron chi connectivity index (χ0n) is 15.2. The highest BCUT2D eigenvalue weighted by molar-refractivity contribution is 5.83. The summed E-state index contributed by atoms with van der Waals surface area (Å²) in [4.78, 5) is 13.0. The van der Waals surface area contributed by atoms with Gasteiger partial charge in [0.2, 0.25) is 0 Å². The lowest BCUT2D eigenvalue weighted by Gasteiger charge is -2.28. The standard InChI is InChI=1S/C19H38O/c1-13(2)9-11-17(15(5)6)19(20)18(16(7)8)12-10-14(3)4/h13-18H,9-12H2,1-8H3. The van der Waals surface area contributed by atoms with Crippen LogP contribution >= 0.6 is 0 Å². The summed E-state index contributed by atoms with van der Waals surface area (Å²) in [5.41, 5.74) is 0. The molecule has 0 aromatic rings. The first-order valence-electron chi connectivity index (χ1n) is 8.70. The van der Waals surface area contributed by atoms with Crippen molar-refractivity contribution < 1.29 is 4.79 Å². The molecule has 120 valence electrons. The molecule has 0 spiro atoms. The van der Waals surface area contributed by atoms with E-state index in [9.17, 15) is 4.79 Å². The maximum absolute atomic E-state index is 13.0. The smallest absolute Gasteiger partial charge is 0.139 e. The Morgan fingerprint density at radius 2 is 0.900 bits per heavy atom. The van der Waals surface area contributed by atoms with Gasteiger partial charge in [0, 0.05) is 11.8 Å². The minimum atomic E-state index is 0.261. The quantitative estimate of drug-likeness (QED) is 0.482. The van der Waals surface area contributed by atoms with Gasteiger partial charge >= 0.3 is 0 Å². The molecule has 0 aromatic heterocycles. The van der Waals surface area contributed by atoms with E-state index in [4.69, 9.17) is 0 Å². The normalized spacial score (nSPS) is 15.4. The van der Waals surface area contributed by atoms with Crippen LogP contribution < -0.4 is 0 Å². The van der Waals surface area contributed by atoms with Gasteiger partial charge in [-0.05, 0) is 36.5 Å². The number of Topliss-reactive ketones (excluding diaryl/α,β-unsaturated/α-hetero) is 1. The van der Waals surface area contributed by atoms with Crippen LogP contribution in [0.25, 0.3) is 0 Å². The molecule has 0 aliphatic carbocycles. The summed E-state index contributed by atoms with van der Waals surface area (Å²) in [5, 5.41) is 0. The van der Waals surface area contributed by atoms with Gasteiger partial charge in [-0.25, -0.2) is 0 Å². The van der Waals surface area contributed by atoms with Gasteiger partial charge in [0.1, 0.15) is 5.78 Å². The Balaban J connectivity index is 4.78. The fraction of sp³-hybridized carbons (Fsp3) is 0.947. The molecule has 1 heteroatoms. The van der Waals surface area contributed by atoms with Crippen molar-refractivity contribution in [1.82, 2.24) is 0 Å². The molecule has 0 aliphatic rings. The van der Waals surface area contributed by atoms with Gasteiger partial charge in [-0.2, -0.15) is 0 Å². The topological polar surface area (TPSA) is 17.1 Å². The van der Waals surface area contributed by atoms with Gasteiger partial charge in [-0.3, -0.25) is 4.79 Å². The molecule has 0 rings (SSSR count). The second-order valence-corrected chi connectivity index (χ2v) is 8.05. The Morgan fingerprint density at radius 1 is 0.600 bits per heavy atom. The molecule has 0 fully saturated rings. The Labute approximate surface area is 127 Å². The summed E-state index contributed by atoms with van der Waals surface area (Å²) in [6.45, 7) is 17.8. The highest BCUT2D eigenvalue weighted by atomic mass is 16.1. The maximum Gasteiger partial charge on any atom is 0.139 e. The minimum Gasteiger partial charge on any atom is -0.299 e. The van der Waals surface area contributed by atoms with E-state index in [1.807, 2.05) is 0 Å². The summed E-state index contributed by atoms with van der Waals surface area (Å²) >= 11 is 0. The molecule has 0 aromatic carbocycles. The molecule has 0 N–H and O–H groups in total. The SMILES string of the molecule is CC(C)CCC(C(=O)C(CCC(C)C)C(C)C)C(C)C. The monoisotopic (exact) mass is 282 g/mol. The molecule has 2 unspecified atom stereocenters. The number of hydrogen-bond donors (Lipinski definition) is 0. The number of hydrogen-bond acceptors (Lipinski definition) is 1. The van der Waals surface area contributed by atoms with E-state index in [0.29, 0.717) is 29.5 Å². The predicted octanol–water partition coefficient (Wildman–Crippen LogP) is 5.97. The Hall–Kier alpha value is -0.330. The summed E-state index contributed by atoms with van der Waals surface area (Å²) < 4.78 is 0. The van der Waals surface area contributed by atoms with Gasteiger partial charge in [0.15, 0.2) is 0 Å². The van der Waals surface area contributed by atoms with Crippen LogP contribution in [0.3, 0.4) is 0 Å². The third-order valence-electron chi connectivity index (χ3n) is 4.45. The Morgan fingerprint density at radius 3 is 1.10 bits per heavy atom. The summed E-state index contributed by atoms with van der Waals surface area (Å²) in [7, 11) is 0. The van der Waals surface area contributed by atoms with Gasteiger partial charge in [0.25, 0.3) is 0 Å². The van der Waals surface area contributed by atoms with Crippen molar-refractivity contribution >= 4 is 5.78 Å². The number of carbonyl (C=O) groups is 1. The van der Waals surface area contributed by atoms with Crippen LogP contribution in [0.5, 0.6) is 0 Å². The lowest BCUT2D eigenvalue weighted by molar-refractivity contribution is -0.130. The van der Waals surface area contributed by atoms with Crippen LogP contribution in [0.1, 0.15) is 81.1 Å². The van der Waals surface area contributed by atoms with Crippen molar-refractivity contribution in [3.8, 4) is 0 Å². The van der Waals surface area contributed by atoms with Crippen LogP contribution in [0.15, 0.2) is 0 Å². The van der Waals surface area contributed by atoms with Crippen LogP contribution in [0, 0.1) is 35.5 Å². The third-order valence-corrected chi connectivity index (χ3v) is 4.45. The lowest BCUT2D eigenvalue weighted by Crippen LogP contribution is -2.31. The van der Waals surface area contributed by atoms with E-state index in [2.05, 4.69) is 55.4 Å². The zero-order valence-corrected chi connectivity index (χ0v) is 15.2. The van der Waals surface area contributed by atoms with Gasteiger partial charge in [0.05, 0.1) is 0 Å². The second kappa shape index (κ2) is 9.58. The maximum atomic E-state index is 13.0. The molecule has 1 nitrogen and oxygen atoms in total. The molecule has 0 amide bonds. The van der Waals surface area contributed by atoms with Crippen molar-refractivity contribution in [2.75, 3.05) is 0 Å². The Bertz CT molecular complexity index is 237. The molecular formula is C19H38O. The summed E-state index contributed by atoms with van der Waals surface area (Å²) in [5.74, 6) is 3.39.